The molecule has 5 heteroatoms. The minimum Gasteiger partial charge on any atom is -0.363 e. The third kappa shape index (κ3) is 3.26. The lowest BCUT2D eigenvalue weighted by Crippen LogP contribution is -2.07. The van der Waals surface area contributed by atoms with Crippen molar-refractivity contribution in [2.75, 3.05) is 5.32 Å². The van der Waals surface area contributed by atoms with Crippen LogP contribution in [0.3, 0.4) is 0 Å². The molecule has 0 amide bonds. The first-order chi connectivity index (χ1) is 9.24. The van der Waals surface area contributed by atoms with Gasteiger partial charge in [0.2, 0.25) is 0 Å². The zero-order valence-corrected chi connectivity index (χ0v) is 10.9. The molecule has 0 atom stereocenters. The van der Waals surface area contributed by atoms with Gasteiger partial charge in [0.05, 0.1) is 5.69 Å². The van der Waals surface area contributed by atoms with Crippen LogP contribution in [0.15, 0.2) is 30.6 Å². The number of anilines is 1. The molecule has 1 heterocycles. The van der Waals surface area contributed by atoms with Crippen molar-refractivity contribution in [1.29, 1.82) is 0 Å². The van der Waals surface area contributed by atoms with Crippen LogP contribution in [0.1, 0.15) is 23.7 Å². The fourth-order valence-corrected chi connectivity index (χ4v) is 1.76. The van der Waals surface area contributed by atoms with Gasteiger partial charge in [-0.1, -0.05) is 31.2 Å². The molecule has 0 saturated heterocycles. The van der Waals surface area contributed by atoms with Crippen LogP contribution in [0.4, 0.5) is 10.2 Å². The molecule has 0 fully saturated rings. The lowest BCUT2D eigenvalue weighted by molar-refractivity contribution is 0.596. The molecule has 2 aromatic rings. The highest BCUT2D eigenvalue weighted by Crippen LogP contribution is 2.14. The van der Waals surface area contributed by atoms with E-state index in [1.807, 2.05) is 31.2 Å². The zero-order valence-electron chi connectivity index (χ0n) is 10.9. The first-order valence-corrected chi connectivity index (χ1v) is 6.25. The largest absolute Gasteiger partial charge is 0.363 e. The van der Waals surface area contributed by atoms with Gasteiger partial charge in [0.15, 0.2) is 11.6 Å². The Balaban J connectivity index is 2.05. The molecule has 3 N–H and O–H groups in total. The van der Waals surface area contributed by atoms with E-state index in [0.29, 0.717) is 25.2 Å². The number of aryl methyl sites for hydroxylation is 1. The number of rotatable bonds is 5. The first kappa shape index (κ1) is 13.4. The molecule has 4 nitrogen and oxygen atoms in total. The monoisotopic (exact) mass is 260 g/mol. The van der Waals surface area contributed by atoms with Crippen LogP contribution < -0.4 is 11.1 Å². The molecule has 0 unspecified atom stereocenters. The summed E-state index contributed by atoms with van der Waals surface area (Å²) in [5.74, 6) is -0.127. The molecule has 2 rings (SSSR count). The molecule has 1 aromatic carbocycles. The van der Waals surface area contributed by atoms with E-state index in [1.165, 1.54) is 6.33 Å². The Kier molecular flexibility index (Phi) is 4.41. The number of halogens is 1. The van der Waals surface area contributed by atoms with Crippen LogP contribution >= 0.6 is 0 Å². The maximum absolute atomic E-state index is 13.9. The Bertz CT molecular complexity index is 540. The highest BCUT2D eigenvalue weighted by atomic mass is 19.1. The highest BCUT2D eigenvalue weighted by Gasteiger charge is 2.08. The number of nitrogens with zero attached hydrogens (tertiary/aromatic N) is 2. The van der Waals surface area contributed by atoms with Gasteiger partial charge in [0.1, 0.15) is 6.33 Å². The third-order valence-electron chi connectivity index (χ3n) is 2.92. The van der Waals surface area contributed by atoms with Gasteiger partial charge >= 0.3 is 0 Å². The van der Waals surface area contributed by atoms with Crippen molar-refractivity contribution in [3.8, 4) is 0 Å². The molecule has 0 saturated carbocycles. The van der Waals surface area contributed by atoms with Crippen molar-refractivity contribution in [1.82, 2.24) is 9.97 Å². The molecule has 1 aromatic heterocycles. The third-order valence-corrected chi connectivity index (χ3v) is 2.92. The molecule has 0 bridgehead atoms. The number of hydrogen-bond acceptors (Lipinski definition) is 4. The molecule has 100 valence electrons. The smallest absolute Gasteiger partial charge is 0.186 e. The van der Waals surface area contributed by atoms with Crippen LogP contribution in [0.5, 0.6) is 0 Å². The summed E-state index contributed by atoms with van der Waals surface area (Å²) in [7, 11) is 0. The van der Waals surface area contributed by atoms with Crippen molar-refractivity contribution in [3.63, 3.8) is 0 Å². The van der Waals surface area contributed by atoms with E-state index in [0.717, 1.165) is 11.1 Å². The number of aromatic nitrogens is 2. The van der Waals surface area contributed by atoms with E-state index in [-0.39, 0.29) is 11.6 Å². The van der Waals surface area contributed by atoms with Crippen LogP contribution in [0, 0.1) is 5.82 Å². The predicted molar refractivity (Wildman–Crippen MR) is 73.0 cm³/mol. The maximum atomic E-state index is 13.9. The Labute approximate surface area is 111 Å². The quantitative estimate of drug-likeness (QED) is 0.865. The van der Waals surface area contributed by atoms with Gasteiger partial charge in [0, 0.05) is 13.1 Å². The summed E-state index contributed by atoms with van der Waals surface area (Å²) in [6.07, 6.45) is 1.93. The van der Waals surface area contributed by atoms with Crippen LogP contribution in [-0.4, -0.2) is 9.97 Å². The van der Waals surface area contributed by atoms with Crippen molar-refractivity contribution in [3.05, 3.63) is 53.2 Å². The summed E-state index contributed by atoms with van der Waals surface area (Å²) >= 11 is 0. The molecule has 0 radical (unpaired) electrons. The SMILES string of the molecule is CCc1ncnc(NCc2ccc(CN)cc2)c1F. The van der Waals surface area contributed by atoms with E-state index in [1.54, 1.807) is 0 Å². The minimum atomic E-state index is -0.372. The maximum Gasteiger partial charge on any atom is 0.186 e. The van der Waals surface area contributed by atoms with Gasteiger partial charge in [-0.05, 0) is 17.5 Å². The molecule has 0 aliphatic heterocycles. The molecule has 0 aliphatic carbocycles. The topological polar surface area (TPSA) is 63.8 Å². The van der Waals surface area contributed by atoms with Crippen molar-refractivity contribution < 1.29 is 4.39 Å². The van der Waals surface area contributed by atoms with Gasteiger partial charge < -0.3 is 11.1 Å². The summed E-state index contributed by atoms with van der Waals surface area (Å²) in [5, 5.41) is 2.98. The van der Waals surface area contributed by atoms with Crippen molar-refractivity contribution in [2.24, 2.45) is 5.73 Å². The van der Waals surface area contributed by atoms with Crippen LogP contribution in [0.25, 0.3) is 0 Å². The average Bonchev–Trinajstić information content (AvgIpc) is 2.47. The Morgan fingerprint density at radius 2 is 1.84 bits per heavy atom. The lowest BCUT2D eigenvalue weighted by atomic mass is 10.1. The standard InChI is InChI=1S/C14H17FN4/c1-2-12-13(15)14(19-9-18-12)17-8-11-5-3-10(7-16)4-6-11/h3-6,9H,2,7-8,16H2,1H3,(H,17,18,19). The molecular weight excluding hydrogens is 243 g/mol. The van der Waals surface area contributed by atoms with Crippen LogP contribution in [0.2, 0.25) is 0 Å². The average molecular weight is 260 g/mol. The lowest BCUT2D eigenvalue weighted by Gasteiger charge is -2.08. The van der Waals surface area contributed by atoms with Crippen molar-refractivity contribution >= 4 is 5.82 Å². The second kappa shape index (κ2) is 6.24. The minimum absolute atomic E-state index is 0.245. The number of nitrogens with two attached hydrogens (primary N) is 1. The summed E-state index contributed by atoms with van der Waals surface area (Å²) in [5.41, 5.74) is 8.09. The van der Waals surface area contributed by atoms with Gasteiger partial charge in [-0.15, -0.1) is 0 Å². The molecule has 0 spiro atoms. The summed E-state index contributed by atoms with van der Waals surface area (Å²) < 4.78 is 13.9. The molecule has 0 aliphatic rings. The van der Waals surface area contributed by atoms with Gasteiger partial charge in [-0.3, -0.25) is 0 Å². The van der Waals surface area contributed by atoms with E-state index in [9.17, 15) is 4.39 Å². The van der Waals surface area contributed by atoms with E-state index < -0.39 is 0 Å². The van der Waals surface area contributed by atoms with Crippen molar-refractivity contribution in [2.45, 2.75) is 26.4 Å². The summed E-state index contributed by atoms with van der Waals surface area (Å²) in [6.45, 7) is 2.90. The zero-order chi connectivity index (χ0) is 13.7. The van der Waals surface area contributed by atoms with Gasteiger partial charge in [-0.2, -0.15) is 0 Å². The number of hydrogen-bond donors (Lipinski definition) is 2. The number of nitrogens with one attached hydrogen (secondary N) is 1. The van der Waals surface area contributed by atoms with E-state index >= 15 is 0 Å². The first-order valence-electron chi connectivity index (χ1n) is 6.25. The fraction of sp³-hybridized carbons (Fsp3) is 0.286. The molecule has 19 heavy (non-hydrogen) atoms. The number of benzene rings is 1. The van der Waals surface area contributed by atoms with Gasteiger partial charge in [-0.25, -0.2) is 14.4 Å². The Morgan fingerprint density at radius 3 is 2.47 bits per heavy atom. The highest BCUT2D eigenvalue weighted by molar-refractivity contribution is 5.38. The van der Waals surface area contributed by atoms with E-state index in [2.05, 4.69) is 15.3 Å². The predicted octanol–water partition coefficient (Wildman–Crippen LogP) is 2.25. The Morgan fingerprint density at radius 1 is 1.16 bits per heavy atom. The van der Waals surface area contributed by atoms with Crippen LogP contribution in [-0.2, 0) is 19.5 Å². The second-order valence-electron chi connectivity index (χ2n) is 4.21. The summed E-state index contributed by atoms with van der Waals surface area (Å²) in [4.78, 5) is 7.81. The second-order valence-corrected chi connectivity index (χ2v) is 4.21. The normalized spacial score (nSPS) is 10.5. The fourth-order valence-electron chi connectivity index (χ4n) is 1.76. The van der Waals surface area contributed by atoms with E-state index in [4.69, 9.17) is 5.73 Å². The summed E-state index contributed by atoms with van der Waals surface area (Å²) in [6, 6.07) is 7.86. The molecular formula is C14H17FN4. The Hall–Kier alpha value is -2.01. The van der Waals surface area contributed by atoms with Gasteiger partial charge in [0.25, 0.3) is 0 Å².